The Labute approximate surface area is 140 Å². The van der Waals surface area contributed by atoms with Crippen LogP contribution in [0.3, 0.4) is 0 Å². The van der Waals surface area contributed by atoms with Crippen molar-refractivity contribution in [3.05, 3.63) is 53.5 Å². The van der Waals surface area contributed by atoms with Crippen LogP contribution >= 0.6 is 0 Å². The molecule has 1 nitrogen and oxygen atoms in total. The lowest BCUT2D eigenvalue weighted by atomic mass is 9.71. The molecule has 1 aromatic carbocycles. The summed E-state index contributed by atoms with van der Waals surface area (Å²) in [6.07, 6.45) is 6.00. The van der Waals surface area contributed by atoms with Crippen molar-refractivity contribution in [2.75, 3.05) is 0 Å². The van der Waals surface area contributed by atoms with Gasteiger partial charge in [0.15, 0.2) is 6.20 Å². The zero-order valence-electron chi connectivity index (χ0n) is 15.6. The van der Waals surface area contributed by atoms with Crippen molar-refractivity contribution in [1.82, 2.24) is 0 Å². The van der Waals surface area contributed by atoms with E-state index in [2.05, 4.69) is 30.5 Å². The summed E-state index contributed by atoms with van der Waals surface area (Å²) in [7, 11) is 2.00. The molecule has 0 bridgehead atoms. The largest absolute Gasteiger partial charge is 0.212 e. The quantitative estimate of drug-likeness (QED) is 0.662. The Bertz CT molecular complexity index is 756. The maximum atomic E-state index is 13.4. The molecule has 0 spiro atoms. The topological polar surface area (TPSA) is 3.88 Å². The van der Waals surface area contributed by atoms with Gasteiger partial charge in [0.05, 0.1) is 0 Å². The second kappa shape index (κ2) is 6.07. The van der Waals surface area contributed by atoms with Gasteiger partial charge in [0.25, 0.3) is 0 Å². The van der Waals surface area contributed by atoms with Gasteiger partial charge >= 0.3 is 0 Å². The molecule has 0 atom stereocenters. The zero-order valence-corrected chi connectivity index (χ0v) is 14.6. The summed E-state index contributed by atoms with van der Waals surface area (Å²) in [4.78, 5) is 0. The van der Waals surface area contributed by atoms with E-state index < -0.39 is 5.89 Å². The Hall–Kier alpha value is -1.70. The normalized spacial score (nSPS) is 20.1. The third-order valence-corrected chi connectivity index (χ3v) is 5.23. The predicted molar refractivity (Wildman–Crippen MR) is 92.7 cm³/mol. The third kappa shape index (κ3) is 3.46. The number of aromatic nitrogens is 1. The fourth-order valence-corrected chi connectivity index (χ4v) is 3.49. The molecule has 1 aliphatic carbocycles. The van der Waals surface area contributed by atoms with E-state index in [9.17, 15) is 4.39 Å². The number of hydrogen-bond acceptors (Lipinski definition) is 0. The second-order valence-corrected chi connectivity index (χ2v) is 7.64. The van der Waals surface area contributed by atoms with Crippen LogP contribution in [0.4, 0.5) is 4.39 Å². The summed E-state index contributed by atoms with van der Waals surface area (Å²) in [6.45, 7) is 6.53. The average molecular weight is 313 g/mol. The first-order chi connectivity index (χ1) is 11.2. The highest BCUT2D eigenvalue weighted by molar-refractivity contribution is 5.61. The predicted octanol–water partition coefficient (Wildman–Crippen LogP) is 5.31. The minimum absolute atomic E-state index is 0.207. The Balaban J connectivity index is 2.01. The molecular weight excluding hydrogens is 285 g/mol. The fraction of sp³-hybridized carbons (Fsp3) is 0.476. The van der Waals surface area contributed by atoms with Crippen LogP contribution in [0.5, 0.6) is 0 Å². The maximum absolute atomic E-state index is 13.4. The summed E-state index contributed by atoms with van der Waals surface area (Å²) >= 11 is 0. The van der Waals surface area contributed by atoms with Crippen molar-refractivity contribution in [3.8, 4) is 11.3 Å². The van der Waals surface area contributed by atoms with E-state index in [4.69, 9.17) is 1.37 Å². The highest BCUT2D eigenvalue weighted by Gasteiger charge is 2.28. The Morgan fingerprint density at radius 1 is 1.17 bits per heavy atom. The third-order valence-electron chi connectivity index (χ3n) is 5.23. The van der Waals surface area contributed by atoms with Crippen LogP contribution in [0.2, 0.25) is 0 Å². The molecule has 2 heteroatoms. The van der Waals surface area contributed by atoms with Crippen LogP contribution in [0.15, 0.2) is 36.5 Å². The standard InChI is InChI=1S/C21H27FN/c1-15-13-18(22)5-6-19(15)20-14-17(9-12-23(20)4)16-7-10-21(2,3)11-8-16/h5-6,9,12-14,16H,7-8,10-11H2,1-4H3/q+1/i16D. The Morgan fingerprint density at radius 3 is 2.52 bits per heavy atom. The molecule has 1 heterocycles. The fourth-order valence-electron chi connectivity index (χ4n) is 3.49. The van der Waals surface area contributed by atoms with Gasteiger partial charge in [-0.1, -0.05) is 13.8 Å². The van der Waals surface area contributed by atoms with Crippen molar-refractivity contribution in [3.63, 3.8) is 0 Å². The van der Waals surface area contributed by atoms with Crippen LogP contribution in [0.1, 0.15) is 57.9 Å². The summed E-state index contributed by atoms with van der Waals surface area (Å²) in [5, 5.41) is 0. The number of pyridine rings is 1. The summed E-state index contributed by atoms with van der Waals surface area (Å²) in [5.41, 5.74) is 4.42. The first-order valence-electron chi connectivity index (χ1n) is 8.97. The minimum Gasteiger partial charge on any atom is -0.207 e. The number of halogens is 1. The highest BCUT2D eigenvalue weighted by Crippen LogP contribution is 2.42. The molecule has 0 radical (unpaired) electrons. The van der Waals surface area contributed by atoms with Crippen molar-refractivity contribution < 1.29 is 10.3 Å². The van der Waals surface area contributed by atoms with Crippen molar-refractivity contribution >= 4 is 0 Å². The van der Waals surface area contributed by atoms with E-state index in [-0.39, 0.29) is 5.82 Å². The van der Waals surface area contributed by atoms with Gasteiger partial charge in [-0.25, -0.2) is 8.96 Å². The van der Waals surface area contributed by atoms with Gasteiger partial charge in [0.2, 0.25) is 5.69 Å². The van der Waals surface area contributed by atoms with E-state index in [1.54, 1.807) is 6.07 Å². The van der Waals surface area contributed by atoms with Gasteiger partial charge < -0.3 is 0 Å². The lowest BCUT2D eigenvalue weighted by Gasteiger charge is -2.34. The molecule has 1 saturated carbocycles. The smallest absolute Gasteiger partial charge is 0.207 e. The van der Waals surface area contributed by atoms with E-state index >= 15 is 0 Å². The maximum Gasteiger partial charge on any atom is 0.212 e. The van der Waals surface area contributed by atoms with Crippen LogP contribution in [-0.4, -0.2) is 0 Å². The molecule has 0 N–H and O–H groups in total. The van der Waals surface area contributed by atoms with Crippen LogP contribution < -0.4 is 4.57 Å². The van der Waals surface area contributed by atoms with Gasteiger partial charge in [0, 0.05) is 19.1 Å². The second-order valence-electron chi connectivity index (χ2n) is 7.64. The molecule has 3 rings (SSSR count). The molecule has 0 aliphatic heterocycles. The number of benzene rings is 1. The number of aryl methyl sites for hydroxylation is 2. The van der Waals surface area contributed by atoms with Gasteiger partial charge in [-0.15, -0.1) is 0 Å². The molecule has 2 aromatic rings. The molecule has 0 unspecified atom stereocenters. The molecule has 122 valence electrons. The summed E-state index contributed by atoms with van der Waals surface area (Å²) < 4.78 is 24.5. The first-order valence-corrected chi connectivity index (χ1v) is 8.47. The highest BCUT2D eigenvalue weighted by atomic mass is 19.1. The average Bonchev–Trinajstić information content (AvgIpc) is 2.52. The summed E-state index contributed by atoms with van der Waals surface area (Å²) in [6, 6.07) is 9.12. The summed E-state index contributed by atoms with van der Waals surface area (Å²) in [5.74, 6) is -0.714. The number of nitrogens with zero attached hydrogens (tertiary/aromatic N) is 1. The van der Waals surface area contributed by atoms with E-state index in [1.165, 1.54) is 6.07 Å². The molecule has 1 aliphatic rings. The molecule has 1 aromatic heterocycles. The van der Waals surface area contributed by atoms with Gasteiger partial charge in [-0.2, -0.15) is 0 Å². The number of rotatable bonds is 2. The molecule has 0 amide bonds. The van der Waals surface area contributed by atoms with Gasteiger partial charge in [0.1, 0.15) is 12.9 Å². The molecule has 0 saturated heterocycles. The van der Waals surface area contributed by atoms with Crippen molar-refractivity contribution in [2.45, 2.75) is 52.3 Å². The van der Waals surface area contributed by atoms with Crippen LogP contribution in [0, 0.1) is 18.2 Å². The SMILES string of the molecule is [2H]C1(c2cc[n+](C)c(-c3ccc(F)cc3C)c2)CCC(C)(C)CC1. The van der Waals surface area contributed by atoms with E-state index in [0.29, 0.717) is 5.41 Å². The monoisotopic (exact) mass is 313 g/mol. The minimum atomic E-state index is -0.507. The van der Waals surface area contributed by atoms with Crippen LogP contribution in [0.25, 0.3) is 11.3 Å². The van der Waals surface area contributed by atoms with Gasteiger partial charge in [-0.05, 0) is 73.2 Å². The molecular formula is C21H27FN+. The lowest BCUT2D eigenvalue weighted by molar-refractivity contribution is -0.660. The van der Waals surface area contributed by atoms with Crippen molar-refractivity contribution in [1.29, 1.82) is 0 Å². The molecule has 1 fully saturated rings. The van der Waals surface area contributed by atoms with Gasteiger partial charge in [-0.3, -0.25) is 0 Å². The lowest BCUT2D eigenvalue weighted by Crippen LogP contribution is -2.31. The van der Waals surface area contributed by atoms with E-state index in [0.717, 1.165) is 48.1 Å². The first kappa shape index (κ1) is 14.9. The zero-order chi connectivity index (χ0) is 17.5. The number of hydrogen-bond donors (Lipinski definition) is 0. The van der Waals surface area contributed by atoms with Crippen molar-refractivity contribution in [2.24, 2.45) is 12.5 Å². The van der Waals surface area contributed by atoms with Crippen LogP contribution in [-0.2, 0) is 7.05 Å². The Morgan fingerprint density at radius 2 is 1.87 bits per heavy atom. The van der Waals surface area contributed by atoms with E-state index in [1.807, 2.05) is 26.2 Å². The molecule has 23 heavy (non-hydrogen) atoms. The Kier molecular flexibility index (Phi) is 3.92.